The molecular formula is C21H18ClF3N4O3. The van der Waals surface area contributed by atoms with Crippen molar-refractivity contribution in [3.05, 3.63) is 58.9 Å². The number of para-hydroxylation sites is 1. The molecule has 1 atom stereocenters. The molecule has 32 heavy (non-hydrogen) atoms. The average Bonchev–Trinajstić information content (AvgIpc) is 2.70. The van der Waals surface area contributed by atoms with Gasteiger partial charge in [0.2, 0.25) is 0 Å². The van der Waals surface area contributed by atoms with E-state index >= 15 is 0 Å². The van der Waals surface area contributed by atoms with Gasteiger partial charge in [-0.15, -0.1) is 13.2 Å². The standard InChI is InChI=1S/C21H18ClF3N4O3/c22-15-9-12(5-6-17(15)32-21(23,24)25)16(10-29-7-2-8-29)28-19-13-3-1-4-14(20(30)31)18(13)26-11-27-19/h1,3-6,9,11,16H,2,7-8,10H2,(H,30,31)(H,26,27,28)/t16-/m1/s1. The highest BCUT2D eigenvalue weighted by Crippen LogP contribution is 2.34. The van der Waals surface area contributed by atoms with Crippen molar-refractivity contribution in [3.8, 4) is 5.75 Å². The van der Waals surface area contributed by atoms with Gasteiger partial charge in [0.25, 0.3) is 0 Å². The predicted molar refractivity (Wildman–Crippen MR) is 112 cm³/mol. The molecular weight excluding hydrogens is 449 g/mol. The topological polar surface area (TPSA) is 87.6 Å². The SMILES string of the molecule is O=C(O)c1cccc2c(N[C@H](CN3CCC3)c3ccc(OC(F)(F)F)c(Cl)c3)ncnc12. The van der Waals surface area contributed by atoms with Crippen LogP contribution in [0.4, 0.5) is 19.0 Å². The van der Waals surface area contributed by atoms with Crippen molar-refractivity contribution in [1.82, 2.24) is 14.9 Å². The number of rotatable bonds is 7. The number of alkyl halides is 3. The Morgan fingerprint density at radius 3 is 2.66 bits per heavy atom. The molecule has 2 aromatic carbocycles. The number of aromatic nitrogens is 2. The molecule has 0 aliphatic carbocycles. The second-order valence-electron chi connectivity index (χ2n) is 7.32. The molecule has 0 radical (unpaired) electrons. The van der Waals surface area contributed by atoms with E-state index < -0.39 is 18.1 Å². The van der Waals surface area contributed by atoms with Crippen LogP contribution in [0, 0.1) is 0 Å². The lowest BCUT2D eigenvalue weighted by Crippen LogP contribution is -2.41. The summed E-state index contributed by atoms with van der Waals surface area (Å²) in [7, 11) is 0. The first-order valence-electron chi connectivity index (χ1n) is 9.72. The monoisotopic (exact) mass is 466 g/mol. The molecule has 0 saturated carbocycles. The minimum Gasteiger partial charge on any atom is -0.478 e. The van der Waals surface area contributed by atoms with E-state index in [-0.39, 0.29) is 22.1 Å². The lowest BCUT2D eigenvalue weighted by molar-refractivity contribution is -0.274. The van der Waals surface area contributed by atoms with Crippen LogP contribution in [0.1, 0.15) is 28.4 Å². The highest BCUT2D eigenvalue weighted by Gasteiger charge is 2.32. The Kier molecular flexibility index (Phi) is 6.07. The number of nitrogens with one attached hydrogen (secondary N) is 1. The quantitative estimate of drug-likeness (QED) is 0.520. The molecule has 1 fully saturated rings. The molecule has 1 aliphatic heterocycles. The van der Waals surface area contributed by atoms with Crippen molar-refractivity contribution in [2.24, 2.45) is 0 Å². The van der Waals surface area contributed by atoms with E-state index in [2.05, 4.69) is 24.9 Å². The van der Waals surface area contributed by atoms with Crippen molar-refractivity contribution in [2.75, 3.05) is 25.0 Å². The van der Waals surface area contributed by atoms with Crippen LogP contribution in [0.15, 0.2) is 42.7 Å². The zero-order valence-electron chi connectivity index (χ0n) is 16.6. The molecule has 2 heterocycles. The van der Waals surface area contributed by atoms with Gasteiger partial charge in [0.1, 0.15) is 17.9 Å². The lowest BCUT2D eigenvalue weighted by atomic mass is 10.0. The van der Waals surface area contributed by atoms with Crippen molar-refractivity contribution in [3.63, 3.8) is 0 Å². The van der Waals surface area contributed by atoms with Crippen LogP contribution in [-0.2, 0) is 0 Å². The highest BCUT2D eigenvalue weighted by molar-refractivity contribution is 6.32. The largest absolute Gasteiger partial charge is 0.573 e. The van der Waals surface area contributed by atoms with Gasteiger partial charge in [0.15, 0.2) is 0 Å². The second-order valence-corrected chi connectivity index (χ2v) is 7.73. The summed E-state index contributed by atoms with van der Waals surface area (Å²) in [5, 5.41) is 13.1. The number of fused-ring (bicyclic) bond motifs is 1. The number of anilines is 1. The Hall–Kier alpha value is -3.11. The molecule has 1 saturated heterocycles. The van der Waals surface area contributed by atoms with Crippen LogP contribution in [0.25, 0.3) is 10.9 Å². The summed E-state index contributed by atoms with van der Waals surface area (Å²) in [6, 6.07) is 8.50. The molecule has 1 aliphatic rings. The van der Waals surface area contributed by atoms with E-state index in [0.717, 1.165) is 19.5 Å². The Balaban J connectivity index is 1.68. The fraction of sp³-hybridized carbons (Fsp3) is 0.286. The second kappa shape index (κ2) is 8.79. The van der Waals surface area contributed by atoms with Crippen molar-refractivity contribution < 1.29 is 27.8 Å². The van der Waals surface area contributed by atoms with E-state index in [9.17, 15) is 23.1 Å². The number of carboxylic acid groups (broad SMARTS) is 1. The zero-order chi connectivity index (χ0) is 22.9. The molecule has 11 heteroatoms. The fourth-order valence-corrected chi connectivity index (χ4v) is 3.77. The summed E-state index contributed by atoms with van der Waals surface area (Å²) < 4.78 is 41.7. The van der Waals surface area contributed by atoms with Crippen molar-refractivity contribution >= 4 is 34.3 Å². The number of carbonyl (C=O) groups is 1. The van der Waals surface area contributed by atoms with Crippen molar-refractivity contribution in [2.45, 2.75) is 18.8 Å². The van der Waals surface area contributed by atoms with Gasteiger partial charge in [0.05, 0.1) is 22.1 Å². The number of hydrogen-bond donors (Lipinski definition) is 2. The Morgan fingerprint density at radius 1 is 1.25 bits per heavy atom. The van der Waals surface area contributed by atoms with Gasteiger partial charge >= 0.3 is 12.3 Å². The number of halogens is 4. The van der Waals surface area contributed by atoms with Gasteiger partial charge in [-0.1, -0.05) is 23.7 Å². The van der Waals surface area contributed by atoms with Crippen LogP contribution in [0.5, 0.6) is 5.75 Å². The number of hydrogen-bond acceptors (Lipinski definition) is 6. The minimum absolute atomic E-state index is 0.0453. The van der Waals surface area contributed by atoms with Gasteiger partial charge in [-0.3, -0.25) is 0 Å². The first-order valence-corrected chi connectivity index (χ1v) is 10.1. The maximum absolute atomic E-state index is 12.6. The van der Waals surface area contributed by atoms with Gasteiger partial charge in [0, 0.05) is 11.9 Å². The molecule has 1 aromatic heterocycles. The van der Waals surface area contributed by atoms with E-state index in [0.29, 0.717) is 23.3 Å². The minimum atomic E-state index is -4.85. The average molecular weight is 467 g/mol. The van der Waals surface area contributed by atoms with Crippen LogP contribution in [0.2, 0.25) is 5.02 Å². The molecule has 7 nitrogen and oxygen atoms in total. The Morgan fingerprint density at radius 2 is 2.03 bits per heavy atom. The van der Waals surface area contributed by atoms with Gasteiger partial charge in [-0.25, -0.2) is 14.8 Å². The molecule has 3 aromatic rings. The van der Waals surface area contributed by atoms with Crippen LogP contribution in [0.3, 0.4) is 0 Å². The molecule has 168 valence electrons. The maximum atomic E-state index is 12.6. The first-order chi connectivity index (χ1) is 15.2. The maximum Gasteiger partial charge on any atom is 0.573 e. The first kappa shape index (κ1) is 22.1. The molecule has 0 amide bonds. The number of ether oxygens (including phenoxy) is 1. The fourth-order valence-electron chi connectivity index (χ4n) is 3.54. The van der Waals surface area contributed by atoms with E-state index in [1.165, 1.54) is 30.6 Å². The van der Waals surface area contributed by atoms with Crippen molar-refractivity contribution in [1.29, 1.82) is 0 Å². The highest BCUT2D eigenvalue weighted by atomic mass is 35.5. The normalized spacial score (nSPS) is 15.2. The lowest BCUT2D eigenvalue weighted by Gasteiger charge is -2.35. The van der Waals surface area contributed by atoms with Gasteiger partial charge in [-0.05, 0) is 49.3 Å². The zero-order valence-corrected chi connectivity index (χ0v) is 17.3. The number of carboxylic acids is 1. The summed E-state index contributed by atoms with van der Waals surface area (Å²) in [4.78, 5) is 22.1. The molecule has 0 bridgehead atoms. The van der Waals surface area contributed by atoms with E-state index in [4.69, 9.17) is 11.6 Å². The number of aromatic carboxylic acids is 1. The summed E-state index contributed by atoms with van der Waals surface area (Å²) in [6.07, 6.45) is -2.52. The summed E-state index contributed by atoms with van der Waals surface area (Å²) in [5.74, 6) is -1.18. The predicted octanol–water partition coefficient (Wildman–Crippen LogP) is 4.74. The molecule has 2 N–H and O–H groups in total. The van der Waals surface area contributed by atoms with E-state index in [1.807, 2.05) is 0 Å². The van der Waals surface area contributed by atoms with Crippen LogP contribution >= 0.6 is 11.6 Å². The summed E-state index contributed by atoms with van der Waals surface area (Å²) in [5.41, 5.74) is 0.966. The Labute approximate surface area is 185 Å². The van der Waals surface area contributed by atoms with Crippen LogP contribution < -0.4 is 10.1 Å². The number of benzene rings is 2. The third kappa shape index (κ3) is 4.86. The van der Waals surface area contributed by atoms with E-state index in [1.54, 1.807) is 12.1 Å². The third-order valence-corrected chi connectivity index (χ3v) is 5.47. The number of likely N-dealkylation sites (tertiary alicyclic amines) is 1. The van der Waals surface area contributed by atoms with Gasteiger partial charge in [-0.2, -0.15) is 0 Å². The molecule has 0 unspecified atom stereocenters. The molecule has 0 spiro atoms. The van der Waals surface area contributed by atoms with Crippen LogP contribution in [-0.4, -0.2) is 51.9 Å². The third-order valence-electron chi connectivity index (χ3n) is 5.18. The Bertz CT molecular complexity index is 1150. The summed E-state index contributed by atoms with van der Waals surface area (Å²) in [6.45, 7) is 2.35. The molecule has 4 rings (SSSR count). The smallest absolute Gasteiger partial charge is 0.478 e. The number of nitrogens with zero attached hydrogens (tertiary/aromatic N) is 3. The van der Waals surface area contributed by atoms with Gasteiger partial charge < -0.3 is 20.1 Å². The summed E-state index contributed by atoms with van der Waals surface area (Å²) >= 11 is 6.06.